The molecule has 9 heteroatoms. The summed E-state index contributed by atoms with van der Waals surface area (Å²) >= 11 is 0. The second-order valence-electron chi connectivity index (χ2n) is 10.8. The molecule has 4 aromatic carbocycles. The van der Waals surface area contributed by atoms with Crippen molar-refractivity contribution in [3.8, 4) is 5.75 Å². The number of ether oxygens (including phenoxy) is 1. The molecule has 0 bridgehead atoms. The van der Waals surface area contributed by atoms with Crippen LogP contribution >= 0.6 is 0 Å². The Bertz CT molecular complexity index is 1580. The minimum Gasteiger partial charge on any atom is -0.489 e. The van der Waals surface area contributed by atoms with Crippen LogP contribution in [0.25, 0.3) is 10.8 Å². The highest BCUT2D eigenvalue weighted by molar-refractivity contribution is 5.99. The molecule has 0 aliphatic carbocycles. The predicted molar refractivity (Wildman–Crippen MR) is 174 cm³/mol. The Hall–Kier alpha value is -4.99. The maximum atomic E-state index is 13.1. The van der Waals surface area contributed by atoms with Crippen molar-refractivity contribution in [2.45, 2.75) is 38.0 Å². The number of carbonyl (C=O) groups excluding carboxylic acids is 3. The van der Waals surface area contributed by atoms with Crippen molar-refractivity contribution in [1.82, 2.24) is 10.6 Å². The molecule has 5 N–H and O–H groups in total. The van der Waals surface area contributed by atoms with Gasteiger partial charge in [0, 0.05) is 12.1 Å². The van der Waals surface area contributed by atoms with Crippen LogP contribution in [0.5, 0.6) is 5.75 Å². The summed E-state index contributed by atoms with van der Waals surface area (Å²) in [5.74, 6) is -1.70. The van der Waals surface area contributed by atoms with Gasteiger partial charge < -0.3 is 30.9 Å². The molecule has 9 nitrogen and oxygen atoms in total. The first kappa shape index (κ1) is 32.9. The lowest BCUT2D eigenvalue weighted by atomic mass is 9.98. The van der Waals surface area contributed by atoms with Gasteiger partial charge in [-0.25, -0.2) is 0 Å². The lowest BCUT2D eigenvalue weighted by Gasteiger charge is -2.22. The van der Waals surface area contributed by atoms with Crippen LogP contribution in [0.1, 0.15) is 24.0 Å². The van der Waals surface area contributed by atoms with Gasteiger partial charge in [-0.2, -0.15) is 0 Å². The summed E-state index contributed by atoms with van der Waals surface area (Å²) in [6.45, 7) is 3.21. The summed E-state index contributed by atoms with van der Waals surface area (Å²) in [6, 6.07) is 28.6. The highest BCUT2D eigenvalue weighted by Gasteiger charge is 2.27. The van der Waals surface area contributed by atoms with Crippen LogP contribution in [0.3, 0.4) is 0 Å². The van der Waals surface area contributed by atoms with E-state index in [1.54, 1.807) is 12.1 Å². The van der Waals surface area contributed by atoms with Gasteiger partial charge in [0.25, 0.3) is 0 Å². The van der Waals surface area contributed by atoms with E-state index in [1.807, 2.05) is 84.9 Å². The van der Waals surface area contributed by atoms with Crippen molar-refractivity contribution in [3.63, 3.8) is 0 Å². The molecule has 234 valence electrons. The molecule has 0 heterocycles. The SMILES string of the molecule is C=CC[C@H](CC(=O)N[C@H](CO)Cc1ccc(OCc2ccccc2)cc1)C(=O)N[C@@H](CO)C(=O)Nc1ccc2ccccc2c1. The van der Waals surface area contributed by atoms with Crippen LogP contribution in [0.4, 0.5) is 5.69 Å². The maximum Gasteiger partial charge on any atom is 0.249 e. The summed E-state index contributed by atoms with van der Waals surface area (Å²) in [5.41, 5.74) is 2.48. The van der Waals surface area contributed by atoms with Crippen LogP contribution in [-0.4, -0.2) is 53.2 Å². The fourth-order valence-electron chi connectivity index (χ4n) is 4.88. The summed E-state index contributed by atoms with van der Waals surface area (Å²) in [7, 11) is 0. The van der Waals surface area contributed by atoms with Crippen LogP contribution < -0.4 is 20.7 Å². The molecule has 0 saturated carbocycles. The molecule has 0 aromatic heterocycles. The molecule has 0 radical (unpaired) electrons. The van der Waals surface area contributed by atoms with Gasteiger partial charge in [-0.05, 0) is 59.0 Å². The molecule has 3 amide bonds. The first-order valence-electron chi connectivity index (χ1n) is 14.9. The van der Waals surface area contributed by atoms with E-state index < -0.39 is 42.3 Å². The molecule has 45 heavy (non-hydrogen) atoms. The first-order valence-corrected chi connectivity index (χ1v) is 14.9. The van der Waals surface area contributed by atoms with Crippen LogP contribution in [0, 0.1) is 5.92 Å². The van der Waals surface area contributed by atoms with E-state index in [0.29, 0.717) is 24.5 Å². The van der Waals surface area contributed by atoms with E-state index >= 15 is 0 Å². The van der Waals surface area contributed by atoms with E-state index in [-0.39, 0.29) is 19.4 Å². The molecule has 3 atom stereocenters. The Labute approximate surface area is 262 Å². The quantitative estimate of drug-likeness (QED) is 0.121. The second-order valence-corrected chi connectivity index (χ2v) is 10.8. The maximum absolute atomic E-state index is 13.1. The lowest BCUT2D eigenvalue weighted by Crippen LogP contribution is -2.49. The summed E-state index contributed by atoms with van der Waals surface area (Å²) in [4.78, 5) is 38.9. The second kappa shape index (κ2) is 16.7. The fraction of sp³-hybridized carbons (Fsp3) is 0.250. The molecular formula is C36H39N3O6. The Morgan fingerprint density at radius 3 is 2.18 bits per heavy atom. The molecule has 0 unspecified atom stereocenters. The molecule has 0 fully saturated rings. The number of aliphatic hydroxyl groups excluding tert-OH is 2. The summed E-state index contributed by atoms with van der Waals surface area (Å²) < 4.78 is 5.82. The summed E-state index contributed by atoms with van der Waals surface area (Å²) in [5, 5.41) is 29.8. The molecule has 0 aliphatic rings. The third-order valence-electron chi connectivity index (χ3n) is 7.33. The number of anilines is 1. The molecule has 4 aromatic rings. The number of allylic oxidation sites excluding steroid dienone is 1. The third kappa shape index (κ3) is 10.0. The van der Waals surface area contributed by atoms with Crippen molar-refractivity contribution in [3.05, 3.63) is 121 Å². The van der Waals surface area contributed by atoms with E-state index in [4.69, 9.17) is 4.74 Å². The minimum atomic E-state index is -1.22. The zero-order chi connectivity index (χ0) is 32.0. The van der Waals surface area contributed by atoms with Crippen molar-refractivity contribution >= 4 is 34.2 Å². The van der Waals surface area contributed by atoms with E-state index in [9.17, 15) is 24.6 Å². The predicted octanol–water partition coefficient (Wildman–Crippen LogP) is 4.14. The van der Waals surface area contributed by atoms with Gasteiger partial charge in [-0.1, -0.05) is 78.9 Å². The highest BCUT2D eigenvalue weighted by atomic mass is 16.5. The Kier molecular flexibility index (Phi) is 12.2. The van der Waals surface area contributed by atoms with Gasteiger partial charge in [0.15, 0.2) is 0 Å². The number of fused-ring (bicyclic) bond motifs is 1. The largest absolute Gasteiger partial charge is 0.489 e. The number of rotatable bonds is 16. The van der Waals surface area contributed by atoms with Crippen LogP contribution in [0.15, 0.2) is 110 Å². The minimum absolute atomic E-state index is 0.179. The molecule has 0 aliphatic heterocycles. The monoisotopic (exact) mass is 609 g/mol. The van der Waals surface area contributed by atoms with E-state index in [0.717, 1.165) is 21.9 Å². The van der Waals surface area contributed by atoms with Gasteiger partial charge in [0.2, 0.25) is 17.7 Å². The standard InChI is InChI=1S/C36H39N3O6/c1-2-8-29(35(43)39-33(23-41)36(44)38-30-16-15-27-11-6-7-12-28(27)20-30)21-34(42)37-31(22-40)19-25-13-17-32(18-14-25)45-24-26-9-4-3-5-10-26/h2-7,9-18,20,29,31,33,40-41H,1,8,19,21-24H2,(H,37,42)(H,38,44)(H,39,43)/t29-,31+,33+/m1/s1. The number of hydrogen-bond donors (Lipinski definition) is 5. The number of carbonyl (C=O) groups is 3. The normalized spacial score (nSPS) is 12.8. The Balaban J connectivity index is 1.28. The van der Waals surface area contributed by atoms with Crippen LogP contribution in [0.2, 0.25) is 0 Å². The highest BCUT2D eigenvalue weighted by Crippen LogP contribution is 2.20. The van der Waals surface area contributed by atoms with E-state index in [1.165, 1.54) is 6.08 Å². The van der Waals surface area contributed by atoms with Crippen molar-refractivity contribution in [2.75, 3.05) is 18.5 Å². The number of benzene rings is 4. The summed E-state index contributed by atoms with van der Waals surface area (Å²) in [6.07, 6.45) is 1.88. The van der Waals surface area contributed by atoms with Gasteiger partial charge in [0.05, 0.1) is 25.2 Å². The average molecular weight is 610 g/mol. The zero-order valence-electron chi connectivity index (χ0n) is 25.0. The molecule has 0 spiro atoms. The number of hydrogen-bond acceptors (Lipinski definition) is 6. The third-order valence-corrected chi connectivity index (χ3v) is 7.33. The van der Waals surface area contributed by atoms with Gasteiger partial charge >= 0.3 is 0 Å². The van der Waals surface area contributed by atoms with Gasteiger partial charge in [-0.15, -0.1) is 6.58 Å². The van der Waals surface area contributed by atoms with Crippen molar-refractivity contribution < 1.29 is 29.3 Å². The van der Waals surface area contributed by atoms with Gasteiger partial charge in [0.1, 0.15) is 18.4 Å². The lowest BCUT2D eigenvalue weighted by molar-refractivity contribution is -0.133. The zero-order valence-corrected chi connectivity index (χ0v) is 25.0. The van der Waals surface area contributed by atoms with Crippen molar-refractivity contribution in [1.29, 1.82) is 0 Å². The Morgan fingerprint density at radius 2 is 1.49 bits per heavy atom. The molecule has 4 rings (SSSR count). The average Bonchev–Trinajstić information content (AvgIpc) is 3.06. The van der Waals surface area contributed by atoms with E-state index in [2.05, 4.69) is 22.5 Å². The smallest absolute Gasteiger partial charge is 0.249 e. The topological polar surface area (TPSA) is 137 Å². The number of nitrogens with one attached hydrogen (secondary N) is 3. The Morgan fingerprint density at radius 1 is 0.778 bits per heavy atom. The fourth-order valence-corrected chi connectivity index (χ4v) is 4.88. The number of aliphatic hydroxyl groups is 2. The van der Waals surface area contributed by atoms with Gasteiger partial charge in [-0.3, -0.25) is 14.4 Å². The molecule has 0 saturated heterocycles. The van der Waals surface area contributed by atoms with Crippen molar-refractivity contribution in [2.24, 2.45) is 5.92 Å². The first-order chi connectivity index (χ1) is 21.9. The van der Waals surface area contributed by atoms with Crippen LogP contribution in [-0.2, 0) is 27.4 Å². The molecular weight excluding hydrogens is 570 g/mol. The number of amides is 3.